The molecule has 4 rings (SSSR count). The molecule has 0 saturated carbocycles. The van der Waals surface area contributed by atoms with Crippen LogP contribution in [-0.2, 0) is 4.79 Å². The molecule has 0 spiro atoms. The van der Waals surface area contributed by atoms with Crippen LogP contribution >= 0.6 is 23.2 Å². The topological polar surface area (TPSA) is 73.4 Å². The highest BCUT2D eigenvalue weighted by molar-refractivity contribution is 6.35. The summed E-state index contributed by atoms with van der Waals surface area (Å²) in [7, 11) is 0. The predicted molar refractivity (Wildman–Crippen MR) is 125 cm³/mol. The minimum Gasteiger partial charge on any atom is -0.363 e. The molecular formula is C22H28Cl2N6O. The molecular weight excluding hydrogens is 435 g/mol. The van der Waals surface area contributed by atoms with E-state index in [1.54, 1.807) is 6.07 Å². The average Bonchev–Trinajstić information content (AvgIpc) is 3.30. The number of nitrogens with one attached hydrogen (secondary N) is 2. The molecule has 0 radical (unpaired) electrons. The first kappa shape index (κ1) is 22.1. The fraction of sp³-hybridized carbons (Fsp3) is 0.500. The van der Waals surface area contributed by atoms with E-state index in [-0.39, 0.29) is 18.0 Å². The van der Waals surface area contributed by atoms with E-state index in [0.717, 1.165) is 49.4 Å². The summed E-state index contributed by atoms with van der Waals surface area (Å²) in [6, 6.07) is 5.45. The molecule has 2 aliphatic rings. The maximum Gasteiger partial charge on any atom is 0.239 e. The Labute approximate surface area is 193 Å². The molecule has 3 heterocycles. The number of carbonyl (C=O) groups is 1. The second-order valence-corrected chi connectivity index (χ2v) is 9.04. The zero-order chi connectivity index (χ0) is 22.0. The predicted octanol–water partition coefficient (Wildman–Crippen LogP) is 3.67. The summed E-state index contributed by atoms with van der Waals surface area (Å²) in [5.74, 6) is 1.67. The Bertz CT molecular complexity index is 942. The number of hydrogen-bond acceptors (Lipinski definition) is 6. The van der Waals surface area contributed by atoms with Crippen molar-refractivity contribution < 1.29 is 4.79 Å². The normalized spacial score (nSPS) is 20.1. The smallest absolute Gasteiger partial charge is 0.239 e. The van der Waals surface area contributed by atoms with Crippen LogP contribution in [0, 0.1) is 6.92 Å². The van der Waals surface area contributed by atoms with Crippen LogP contribution in [0.3, 0.4) is 0 Å². The molecule has 2 atom stereocenters. The third-order valence-corrected chi connectivity index (χ3v) is 6.54. The lowest BCUT2D eigenvalue weighted by Gasteiger charge is -2.36. The SMILES string of the molecule is Cc1cnc(N2CCN(C(=O)[C@H]3CCCN3)CC2)nc1N[C@H](C)c1ccc(Cl)cc1Cl. The van der Waals surface area contributed by atoms with Crippen molar-refractivity contribution in [2.75, 3.05) is 42.9 Å². The minimum atomic E-state index is -0.0420. The summed E-state index contributed by atoms with van der Waals surface area (Å²) in [5.41, 5.74) is 1.92. The number of benzene rings is 1. The highest BCUT2D eigenvalue weighted by atomic mass is 35.5. The number of aromatic nitrogens is 2. The summed E-state index contributed by atoms with van der Waals surface area (Å²) in [4.78, 5) is 26.0. The molecule has 2 N–H and O–H groups in total. The van der Waals surface area contributed by atoms with Crippen molar-refractivity contribution in [2.45, 2.75) is 38.8 Å². The third kappa shape index (κ3) is 5.05. The molecule has 0 unspecified atom stereocenters. The molecule has 31 heavy (non-hydrogen) atoms. The molecule has 2 aliphatic heterocycles. The molecule has 0 aliphatic carbocycles. The zero-order valence-corrected chi connectivity index (χ0v) is 19.4. The van der Waals surface area contributed by atoms with E-state index in [2.05, 4.69) is 20.5 Å². The van der Waals surface area contributed by atoms with Crippen molar-refractivity contribution in [2.24, 2.45) is 0 Å². The Kier molecular flexibility index (Phi) is 6.84. The van der Waals surface area contributed by atoms with Crippen LogP contribution in [0.15, 0.2) is 24.4 Å². The number of carbonyl (C=O) groups excluding carboxylic acids is 1. The van der Waals surface area contributed by atoms with Gasteiger partial charge < -0.3 is 20.4 Å². The lowest BCUT2D eigenvalue weighted by molar-refractivity contribution is -0.133. The van der Waals surface area contributed by atoms with Crippen LogP contribution in [-0.4, -0.2) is 59.5 Å². The van der Waals surface area contributed by atoms with Gasteiger partial charge in [0.1, 0.15) is 5.82 Å². The lowest BCUT2D eigenvalue weighted by atomic mass is 10.1. The van der Waals surface area contributed by atoms with Crippen LogP contribution < -0.4 is 15.5 Å². The summed E-state index contributed by atoms with van der Waals surface area (Å²) in [5, 5.41) is 7.98. The first-order chi connectivity index (χ1) is 14.9. The van der Waals surface area contributed by atoms with Crippen molar-refractivity contribution in [3.8, 4) is 0 Å². The van der Waals surface area contributed by atoms with E-state index in [1.807, 2.05) is 37.1 Å². The third-order valence-electron chi connectivity index (χ3n) is 5.97. The van der Waals surface area contributed by atoms with Gasteiger partial charge in [0.25, 0.3) is 0 Å². The Morgan fingerprint density at radius 3 is 2.71 bits per heavy atom. The van der Waals surface area contributed by atoms with E-state index in [4.69, 9.17) is 28.2 Å². The van der Waals surface area contributed by atoms with Gasteiger partial charge in [-0.05, 0) is 50.9 Å². The van der Waals surface area contributed by atoms with Crippen LogP contribution in [0.1, 0.15) is 36.9 Å². The Morgan fingerprint density at radius 1 is 1.26 bits per heavy atom. The number of halogens is 2. The van der Waals surface area contributed by atoms with Crippen molar-refractivity contribution in [1.82, 2.24) is 20.2 Å². The van der Waals surface area contributed by atoms with E-state index in [1.165, 1.54) is 0 Å². The van der Waals surface area contributed by atoms with Gasteiger partial charge in [-0.1, -0.05) is 29.3 Å². The number of anilines is 2. The Morgan fingerprint density at radius 2 is 2.03 bits per heavy atom. The molecule has 9 heteroatoms. The lowest BCUT2D eigenvalue weighted by Crippen LogP contribution is -2.53. The first-order valence-corrected chi connectivity index (χ1v) is 11.5. The number of amides is 1. The van der Waals surface area contributed by atoms with E-state index >= 15 is 0 Å². The molecule has 2 aromatic rings. The summed E-state index contributed by atoms with van der Waals surface area (Å²) in [6.45, 7) is 7.77. The van der Waals surface area contributed by atoms with Crippen molar-refractivity contribution in [3.05, 3.63) is 45.6 Å². The second kappa shape index (κ2) is 9.59. The Balaban J connectivity index is 1.41. The number of aryl methyl sites for hydroxylation is 1. The highest BCUT2D eigenvalue weighted by Gasteiger charge is 2.29. The van der Waals surface area contributed by atoms with Gasteiger partial charge in [0, 0.05) is 48.0 Å². The molecule has 1 aromatic carbocycles. The highest BCUT2D eigenvalue weighted by Crippen LogP contribution is 2.29. The van der Waals surface area contributed by atoms with Crippen LogP contribution in [0.5, 0.6) is 0 Å². The van der Waals surface area contributed by atoms with Gasteiger partial charge in [0.05, 0.1) is 12.1 Å². The van der Waals surface area contributed by atoms with Gasteiger partial charge in [-0.25, -0.2) is 4.98 Å². The van der Waals surface area contributed by atoms with Gasteiger partial charge >= 0.3 is 0 Å². The molecule has 2 fully saturated rings. The van der Waals surface area contributed by atoms with E-state index < -0.39 is 0 Å². The Hall–Kier alpha value is -2.09. The van der Waals surface area contributed by atoms with Crippen molar-refractivity contribution in [1.29, 1.82) is 0 Å². The fourth-order valence-corrected chi connectivity index (χ4v) is 4.68. The summed E-state index contributed by atoms with van der Waals surface area (Å²) >= 11 is 12.4. The van der Waals surface area contributed by atoms with Crippen LogP contribution in [0.25, 0.3) is 0 Å². The van der Waals surface area contributed by atoms with Crippen LogP contribution in [0.4, 0.5) is 11.8 Å². The van der Waals surface area contributed by atoms with Gasteiger partial charge in [0.2, 0.25) is 11.9 Å². The zero-order valence-electron chi connectivity index (χ0n) is 17.9. The molecule has 0 bridgehead atoms. The fourth-order valence-electron chi connectivity index (χ4n) is 4.11. The standard InChI is InChI=1S/C22H28Cl2N6O/c1-14-13-26-22(28-20(14)27-15(2)17-6-5-16(23)12-18(17)24)30-10-8-29(9-11-30)21(31)19-4-3-7-25-19/h5-6,12-13,15,19,25H,3-4,7-11H2,1-2H3,(H,26,27,28)/t15-,19-/m1/s1. The maximum absolute atomic E-state index is 12.6. The average molecular weight is 463 g/mol. The number of nitrogens with zero attached hydrogens (tertiary/aromatic N) is 4. The number of piperazine rings is 1. The second-order valence-electron chi connectivity index (χ2n) is 8.19. The van der Waals surface area contributed by atoms with Gasteiger partial charge in [0.15, 0.2) is 0 Å². The van der Waals surface area contributed by atoms with Crippen molar-refractivity contribution >= 4 is 40.9 Å². The van der Waals surface area contributed by atoms with Crippen LogP contribution in [0.2, 0.25) is 10.0 Å². The van der Waals surface area contributed by atoms with E-state index in [0.29, 0.717) is 29.1 Å². The van der Waals surface area contributed by atoms with Gasteiger partial charge in [-0.3, -0.25) is 4.79 Å². The number of rotatable bonds is 5. The summed E-state index contributed by atoms with van der Waals surface area (Å²) < 4.78 is 0. The van der Waals surface area contributed by atoms with E-state index in [9.17, 15) is 4.79 Å². The monoisotopic (exact) mass is 462 g/mol. The van der Waals surface area contributed by atoms with Gasteiger partial charge in [-0.2, -0.15) is 4.98 Å². The number of hydrogen-bond donors (Lipinski definition) is 2. The molecule has 2 saturated heterocycles. The largest absolute Gasteiger partial charge is 0.363 e. The van der Waals surface area contributed by atoms with Gasteiger partial charge in [-0.15, -0.1) is 0 Å². The van der Waals surface area contributed by atoms with Crippen molar-refractivity contribution in [3.63, 3.8) is 0 Å². The first-order valence-electron chi connectivity index (χ1n) is 10.7. The minimum absolute atomic E-state index is 0.0147. The molecule has 1 amide bonds. The molecule has 1 aromatic heterocycles. The maximum atomic E-state index is 12.6. The molecule has 7 nitrogen and oxygen atoms in total. The summed E-state index contributed by atoms with van der Waals surface area (Å²) in [6.07, 6.45) is 3.84. The molecule has 166 valence electrons. The quantitative estimate of drug-likeness (QED) is 0.705.